The van der Waals surface area contributed by atoms with Crippen molar-refractivity contribution < 1.29 is 9.53 Å². The van der Waals surface area contributed by atoms with Crippen molar-refractivity contribution in [1.82, 2.24) is 9.97 Å². The highest BCUT2D eigenvalue weighted by atomic mass is 35.5. The van der Waals surface area contributed by atoms with Gasteiger partial charge in [-0.05, 0) is 42.3 Å². The van der Waals surface area contributed by atoms with E-state index in [0.29, 0.717) is 23.1 Å². The Labute approximate surface area is 162 Å². The van der Waals surface area contributed by atoms with Crippen LogP contribution in [0.15, 0.2) is 60.9 Å². The van der Waals surface area contributed by atoms with Crippen molar-refractivity contribution >= 4 is 29.0 Å². The zero-order chi connectivity index (χ0) is 19.1. The summed E-state index contributed by atoms with van der Waals surface area (Å²) in [6.45, 7) is 0.672. The van der Waals surface area contributed by atoms with Crippen LogP contribution < -0.4 is 15.4 Å². The van der Waals surface area contributed by atoms with Crippen molar-refractivity contribution in [3.8, 4) is 5.75 Å². The normalized spacial score (nSPS) is 10.3. The summed E-state index contributed by atoms with van der Waals surface area (Å²) in [6.07, 6.45) is 3.76. The predicted octanol–water partition coefficient (Wildman–Crippen LogP) is 4.05. The number of benzene rings is 2. The Kier molecular flexibility index (Phi) is 6.22. The molecule has 0 fully saturated rings. The van der Waals surface area contributed by atoms with Gasteiger partial charge < -0.3 is 15.4 Å². The molecule has 0 spiro atoms. The molecule has 0 saturated heterocycles. The number of nitrogens with zero attached hydrogens (tertiary/aromatic N) is 2. The minimum absolute atomic E-state index is 0.236. The summed E-state index contributed by atoms with van der Waals surface area (Å²) in [5.74, 6) is 1.14. The van der Waals surface area contributed by atoms with Gasteiger partial charge in [0.25, 0.3) is 5.91 Å². The van der Waals surface area contributed by atoms with Crippen LogP contribution in [-0.4, -0.2) is 29.5 Å². The van der Waals surface area contributed by atoms with Crippen LogP contribution in [0, 0.1) is 0 Å². The van der Waals surface area contributed by atoms with Crippen LogP contribution in [0.2, 0.25) is 5.02 Å². The number of nitrogens with one attached hydrogen (secondary N) is 2. The Hall–Kier alpha value is -3.12. The second-order valence-corrected chi connectivity index (χ2v) is 6.17. The molecule has 7 heteroatoms. The van der Waals surface area contributed by atoms with Gasteiger partial charge in [-0.1, -0.05) is 29.8 Å². The van der Waals surface area contributed by atoms with Crippen molar-refractivity contribution in [2.75, 3.05) is 24.3 Å². The summed E-state index contributed by atoms with van der Waals surface area (Å²) >= 11 is 5.83. The number of amides is 1. The molecule has 2 aromatic carbocycles. The molecule has 0 bridgehead atoms. The Balaban J connectivity index is 1.53. The first kappa shape index (κ1) is 18.7. The number of hydrogen-bond acceptors (Lipinski definition) is 5. The van der Waals surface area contributed by atoms with E-state index in [0.717, 1.165) is 17.7 Å². The van der Waals surface area contributed by atoms with Crippen molar-refractivity contribution in [2.24, 2.45) is 0 Å². The number of methoxy groups -OCH3 is 1. The van der Waals surface area contributed by atoms with Gasteiger partial charge in [0.1, 0.15) is 17.3 Å². The number of hydrogen-bond donors (Lipinski definition) is 2. The summed E-state index contributed by atoms with van der Waals surface area (Å²) < 4.78 is 5.34. The van der Waals surface area contributed by atoms with E-state index in [4.69, 9.17) is 16.3 Å². The Morgan fingerprint density at radius 1 is 1.07 bits per heavy atom. The van der Waals surface area contributed by atoms with E-state index in [1.807, 2.05) is 24.3 Å². The van der Waals surface area contributed by atoms with Crippen molar-refractivity contribution in [2.45, 2.75) is 6.42 Å². The lowest BCUT2D eigenvalue weighted by Crippen LogP contribution is -2.15. The van der Waals surface area contributed by atoms with E-state index in [-0.39, 0.29) is 11.6 Å². The monoisotopic (exact) mass is 382 g/mol. The molecule has 6 nitrogen and oxygen atoms in total. The molecule has 0 unspecified atom stereocenters. The standard InChI is InChI=1S/C20H19ClN4O2/c1-27-18-5-3-2-4-14(18)10-11-22-19-13-23-17(12-24-19)20(26)25-16-8-6-15(21)7-9-16/h2-9,12-13H,10-11H2,1H3,(H,22,24)(H,25,26). The summed E-state index contributed by atoms with van der Waals surface area (Å²) in [5.41, 5.74) is 1.99. The number of carbonyl (C=O) groups is 1. The maximum absolute atomic E-state index is 12.2. The first-order valence-corrected chi connectivity index (χ1v) is 8.78. The van der Waals surface area contributed by atoms with E-state index in [1.165, 1.54) is 6.20 Å². The minimum Gasteiger partial charge on any atom is -0.496 e. The topological polar surface area (TPSA) is 76.1 Å². The highest BCUT2D eigenvalue weighted by molar-refractivity contribution is 6.30. The zero-order valence-corrected chi connectivity index (χ0v) is 15.5. The van der Waals surface area contributed by atoms with Crippen molar-refractivity contribution in [3.05, 3.63) is 77.2 Å². The van der Waals surface area contributed by atoms with Gasteiger partial charge in [0.15, 0.2) is 0 Å². The van der Waals surface area contributed by atoms with E-state index < -0.39 is 0 Å². The summed E-state index contributed by atoms with van der Waals surface area (Å²) in [7, 11) is 1.66. The molecule has 1 amide bonds. The molecule has 1 heterocycles. The predicted molar refractivity (Wildman–Crippen MR) is 107 cm³/mol. The molecule has 2 N–H and O–H groups in total. The van der Waals surface area contributed by atoms with Crippen LogP contribution >= 0.6 is 11.6 Å². The maximum atomic E-state index is 12.2. The molecule has 0 atom stereocenters. The number of rotatable bonds is 7. The molecule has 27 heavy (non-hydrogen) atoms. The summed E-state index contributed by atoms with van der Waals surface area (Å²) in [6, 6.07) is 14.7. The number of aromatic nitrogens is 2. The van der Waals surface area contributed by atoms with Crippen LogP contribution in [0.25, 0.3) is 0 Å². The molecule has 0 aliphatic carbocycles. The molecule has 0 radical (unpaired) electrons. The Morgan fingerprint density at radius 2 is 1.85 bits per heavy atom. The van der Waals surface area contributed by atoms with Gasteiger partial charge in [0.05, 0.1) is 19.5 Å². The van der Waals surface area contributed by atoms with E-state index in [1.54, 1.807) is 37.6 Å². The number of anilines is 2. The minimum atomic E-state index is -0.328. The third-order valence-electron chi connectivity index (χ3n) is 3.88. The lowest BCUT2D eigenvalue weighted by molar-refractivity contribution is 0.102. The molecular weight excluding hydrogens is 364 g/mol. The first-order chi connectivity index (χ1) is 13.2. The fourth-order valence-electron chi connectivity index (χ4n) is 2.50. The van der Waals surface area contributed by atoms with Crippen LogP contribution in [0.4, 0.5) is 11.5 Å². The van der Waals surface area contributed by atoms with Gasteiger partial charge in [-0.25, -0.2) is 9.97 Å². The lowest BCUT2D eigenvalue weighted by Gasteiger charge is -2.09. The van der Waals surface area contributed by atoms with E-state index in [2.05, 4.69) is 20.6 Å². The molecular formula is C20H19ClN4O2. The SMILES string of the molecule is COc1ccccc1CCNc1cnc(C(=O)Nc2ccc(Cl)cc2)cn1. The van der Waals surface area contributed by atoms with E-state index in [9.17, 15) is 4.79 Å². The Bertz CT molecular complexity index is 899. The largest absolute Gasteiger partial charge is 0.496 e. The van der Waals surface area contributed by atoms with Gasteiger partial charge in [-0.3, -0.25) is 4.79 Å². The van der Waals surface area contributed by atoms with Crippen LogP contribution in [0.5, 0.6) is 5.75 Å². The first-order valence-electron chi connectivity index (χ1n) is 8.40. The molecule has 0 aliphatic rings. The third kappa shape index (κ3) is 5.18. The summed E-state index contributed by atoms with van der Waals surface area (Å²) in [5, 5.41) is 6.55. The molecule has 0 aliphatic heterocycles. The molecule has 1 aromatic heterocycles. The zero-order valence-electron chi connectivity index (χ0n) is 14.8. The van der Waals surface area contributed by atoms with Crippen molar-refractivity contribution in [1.29, 1.82) is 0 Å². The molecule has 3 aromatic rings. The smallest absolute Gasteiger partial charge is 0.275 e. The second-order valence-electron chi connectivity index (χ2n) is 5.74. The third-order valence-corrected chi connectivity index (χ3v) is 4.13. The molecule has 3 rings (SSSR count). The maximum Gasteiger partial charge on any atom is 0.275 e. The van der Waals surface area contributed by atoms with Gasteiger partial charge in [0.2, 0.25) is 0 Å². The molecule has 0 saturated carbocycles. The summed E-state index contributed by atoms with van der Waals surface area (Å²) in [4.78, 5) is 20.6. The van der Waals surface area contributed by atoms with Gasteiger partial charge >= 0.3 is 0 Å². The molecule has 138 valence electrons. The van der Waals surface area contributed by atoms with Crippen LogP contribution in [-0.2, 0) is 6.42 Å². The van der Waals surface area contributed by atoms with Crippen molar-refractivity contribution in [3.63, 3.8) is 0 Å². The second kappa shape index (κ2) is 9.00. The van der Waals surface area contributed by atoms with Crippen LogP contribution in [0.3, 0.4) is 0 Å². The quantitative estimate of drug-likeness (QED) is 0.644. The number of ether oxygens (including phenoxy) is 1. The number of carbonyl (C=O) groups excluding carboxylic acids is 1. The fourth-order valence-corrected chi connectivity index (χ4v) is 2.63. The lowest BCUT2D eigenvalue weighted by atomic mass is 10.1. The highest BCUT2D eigenvalue weighted by Crippen LogP contribution is 2.18. The Morgan fingerprint density at radius 3 is 2.56 bits per heavy atom. The van der Waals surface area contributed by atoms with Gasteiger partial charge in [-0.15, -0.1) is 0 Å². The fraction of sp³-hybridized carbons (Fsp3) is 0.150. The van der Waals surface area contributed by atoms with Gasteiger partial charge in [-0.2, -0.15) is 0 Å². The number of para-hydroxylation sites is 1. The number of halogens is 1. The average molecular weight is 383 g/mol. The van der Waals surface area contributed by atoms with E-state index >= 15 is 0 Å². The van der Waals surface area contributed by atoms with Gasteiger partial charge in [0, 0.05) is 17.3 Å². The van der Waals surface area contributed by atoms with Crippen LogP contribution in [0.1, 0.15) is 16.1 Å². The highest BCUT2D eigenvalue weighted by Gasteiger charge is 2.09. The average Bonchev–Trinajstić information content (AvgIpc) is 2.70.